The van der Waals surface area contributed by atoms with Gasteiger partial charge in [0.2, 0.25) is 11.8 Å². The van der Waals surface area contributed by atoms with Crippen molar-refractivity contribution < 1.29 is 22.8 Å². The Labute approximate surface area is 180 Å². The number of anilines is 1. The topological polar surface area (TPSA) is 76.4 Å². The molecule has 2 atom stereocenters. The van der Waals surface area contributed by atoms with Crippen LogP contribution in [0.15, 0.2) is 18.2 Å². The number of carbonyl (C=O) groups is 2. The van der Waals surface area contributed by atoms with Gasteiger partial charge in [0.1, 0.15) is 0 Å². The Balaban J connectivity index is 1.85. The van der Waals surface area contributed by atoms with E-state index in [-0.39, 0.29) is 29.6 Å². The van der Waals surface area contributed by atoms with Crippen LogP contribution in [0.1, 0.15) is 37.8 Å². The molecule has 0 bridgehead atoms. The van der Waals surface area contributed by atoms with Gasteiger partial charge in [-0.05, 0) is 49.8 Å². The zero-order chi connectivity index (χ0) is 22.8. The highest BCUT2D eigenvalue weighted by Crippen LogP contribution is 2.40. The van der Waals surface area contributed by atoms with E-state index in [4.69, 9.17) is 5.26 Å². The average molecular weight is 436 g/mol. The lowest BCUT2D eigenvalue weighted by atomic mass is 9.78. The van der Waals surface area contributed by atoms with Crippen LogP contribution in [0.5, 0.6) is 0 Å². The van der Waals surface area contributed by atoms with Crippen molar-refractivity contribution in [2.45, 2.75) is 32.9 Å². The van der Waals surface area contributed by atoms with Gasteiger partial charge < -0.3 is 15.1 Å². The number of benzene rings is 1. The zero-order valence-electron chi connectivity index (χ0n) is 17.7. The molecular weight excluding hydrogens is 409 g/mol. The highest BCUT2D eigenvalue weighted by molar-refractivity contribution is 5.80. The van der Waals surface area contributed by atoms with E-state index in [9.17, 15) is 22.8 Å². The summed E-state index contributed by atoms with van der Waals surface area (Å²) in [6, 6.07) is 5.32. The van der Waals surface area contributed by atoms with Gasteiger partial charge in [-0.3, -0.25) is 9.59 Å². The molecule has 0 aliphatic carbocycles. The van der Waals surface area contributed by atoms with Gasteiger partial charge in [0.25, 0.3) is 0 Å². The Kier molecular flexibility index (Phi) is 6.77. The fraction of sp³-hybridized carbons (Fsp3) is 0.591. The smallest absolute Gasteiger partial charge is 0.370 e. The van der Waals surface area contributed by atoms with Crippen molar-refractivity contribution in [3.05, 3.63) is 29.3 Å². The third-order valence-corrected chi connectivity index (χ3v) is 6.44. The molecular formula is C22H27F3N4O2. The molecule has 0 spiro atoms. The summed E-state index contributed by atoms with van der Waals surface area (Å²) in [6.45, 7) is 5.92. The first-order valence-corrected chi connectivity index (χ1v) is 10.5. The van der Waals surface area contributed by atoms with Crippen LogP contribution < -0.4 is 10.2 Å². The van der Waals surface area contributed by atoms with Gasteiger partial charge in [0, 0.05) is 45.3 Å². The normalized spacial score (nSPS) is 22.3. The van der Waals surface area contributed by atoms with Crippen LogP contribution in [0.25, 0.3) is 0 Å². The number of nitriles is 1. The van der Waals surface area contributed by atoms with Gasteiger partial charge in [-0.2, -0.15) is 18.4 Å². The number of alkyl halides is 3. The maximum Gasteiger partial charge on any atom is 0.417 e. The number of rotatable bonds is 4. The molecule has 0 radical (unpaired) electrons. The van der Waals surface area contributed by atoms with Crippen molar-refractivity contribution in [1.82, 2.24) is 10.2 Å². The largest absolute Gasteiger partial charge is 0.417 e. The van der Waals surface area contributed by atoms with Gasteiger partial charge in [0.15, 0.2) is 0 Å². The number of likely N-dealkylation sites (tertiary alicyclic amines) is 1. The summed E-state index contributed by atoms with van der Waals surface area (Å²) < 4.78 is 40.2. The summed E-state index contributed by atoms with van der Waals surface area (Å²) in [5, 5.41) is 11.9. The van der Waals surface area contributed by atoms with Crippen LogP contribution in [-0.2, 0) is 15.8 Å². The van der Waals surface area contributed by atoms with Crippen molar-refractivity contribution in [3.8, 4) is 6.07 Å². The van der Waals surface area contributed by atoms with E-state index < -0.39 is 17.3 Å². The van der Waals surface area contributed by atoms with E-state index in [1.54, 1.807) is 11.0 Å². The lowest BCUT2D eigenvalue weighted by Gasteiger charge is -2.35. The minimum absolute atomic E-state index is 0.00867. The summed E-state index contributed by atoms with van der Waals surface area (Å²) in [5.74, 6) is -0.184. The quantitative estimate of drug-likeness (QED) is 0.787. The maximum atomic E-state index is 13.4. The molecule has 0 unspecified atom stereocenters. The lowest BCUT2D eigenvalue weighted by Crippen LogP contribution is -2.42. The highest BCUT2D eigenvalue weighted by atomic mass is 19.4. The van der Waals surface area contributed by atoms with Crippen LogP contribution in [0.3, 0.4) is 0 Å². The first-order valence-electron chi connectivity index (χ1n) is 10.5. The summed E-state index contributed by atoms with van der Waals surface area (Å²) in [4.78, 5) is 28.0. The van der Waals surface area contributed by atoms with Crippen LogP contribution in [0.2, 0.25) is 0 Å². The zero-order valence-corrected chi connectivity index (χ0v) is 17.7. The van der Waals surface area contributed by atoms with Crippen molar-refractivity contribution in [1.29, 1.82) is 5.26 Å². The molecule has 0 aromatic heterocycles. The molecule has 2 heterocycles. The van der Waals surface area contributed by atoms with Crippen LogP contribution >= 0.6 is 0 Å². The van der Waals surface area contributed by atoms with E-state index in [2.05, 4.69) is 5.32 Å². The van der Waals surface area contributed by atoms with Crippen molar-refractivity contribution in [2.75, 3.05) is 37.6 Å². The second kappa shape index (κ2) is 9.16. The van der Waals surface area contributed by atoms with Crippen LogP contribution in [0, 0.1) is 29.1 Å². The molecule has 9 heteroatoms. The van der Waals surface area contributed by atoms with Crippen molar-refractivity contribution in [2.24, 2.45) is 17.8 Å². The number of amides is 2. The van der Waals surface area contributed by atoms with E-state index in [1.165, 1.54) is 19.1 Å². The molecule has 1 N–H and O–H groups in total. The summed E-state index contributed by atoms with van der Waals surface area (Å²) in [7, 11) is 0. The Morgan fingerprint density at radius 2 is 1.90 bits per heavy atom. The molecule has 2 aliphatic heterocycles. The molecule has 1 aromatic rings. The molecule has 0 saturated carbocycles. The fourth-order valence-corrected chi connectivity index (χ4v) is 4.80. The summed E-state index contributed by atoms with van der Waals surface area (Å²) >= 11 is 0. The number of nitrogens with zero attached hydrogens (tertiary/aromatic N) is 3. The third-order valence-electron chi connectivity index (χ3n) is 6.44. The van der Waals surface area contributed by atoms with Crippen molar-refractivity contribution >= 4 is 17.5 Å². The number of nitrogens with one attached hydrogen (secondary N) is 1. The number of halogens is 3. The lowest BCUT2D eigenvalue weighted by molar-refractivity contribution is -0.137. The van der Waals surface area contributed by atoms with E-state index in [0.717, 1.165) is 18.9 Å². The molecule has 2 aliphatic rings. The SMILES string of the molecule is CCNC(=O)[C@@H]1CN(c2ccc(C#N)c(C(F)(F)F)c2)C[C@H]1C1CCN(C(C)=O)CC1. The minimum Gasteiger partial charge on any atom is -0.370 e. The number of hydrogen-bond donors (Lipinski definition) is 1. The molecule has 168 valence electrons. The van der Waals surface area contributed by atoms with Crippen molar-refractivity contribution in [3.63, 3.8) is 0 Å². The van der Waals surface area contributed by atoms with E-state index >= 15 is 0 Å². The molecule has 3 rings (SSSR count). The van der Waals surface area contributed by atoms with Crippen LogP contribution in [0.4, 0.5) is 18.9 Å². The molecule has 31 heavy (non-hydrogen) atoms. The van der Waals surface area contributed by atoms with E-state index in [0.29, 0.717) is 38.4 Å². The van der Waals surface area contributed by atoms with Gasteiger partial charge >= 0.3 is 6.18 Å². The average Bonchev–Trinajstić information content (AvgIpc) is 3.18. The molecule has 2 saturated heterocycles. The Morgan fingerprint density at radius 1 is 1.23 bits per heavy atom. The second-order valence-corrected chi connectivity index (χ2v) is 8.25. The Bertz CT molecular complexity index is 872. The molecule has 1 aromatic carbocycles. The second-order valence-electron chi connectivity index (χ2n) is 8.25. The van der Waals surface area contributed by atoms with Gasteiger partial charge in [-0.15, -0.1) is 0 Å². The van der Waals surface area contributed by atoms with Gasteiger partial charge in [-0.25, -0.2) is 0 Å². The van der Waals surface area contributed by atoms with E-state index in [1.807, 2.05) is 11.8 Å². The van der Waals surface area contributed by atoms with Crippen LogP contribution in [-0.4, -0.2) is 49.4 Å². The molecule has 2 amide bonds. The molecule has 6 nitrogen and oxygen atoms in total. The number of hydrogen-bond acceptors (Lipinski definition) is 4. The third kappa shape index (κ3) is 4.94. The first kappa shape index (κ1) is 22.9. The monoisotopic (exact) mass is 436 g/mol. The maximum absolute atomic E-state index is 13.4. The Hall–Kier alpha value is -2.76. The standard InChI is InChI=1S/C22H27F3N4O2/c1-3-27-21(31)19-13-29(12-18(19)15-6-8-28(9-7-15)14(2)30)17-5-4-16(11-26)20(10-17)22(23,24)25/h4-5,10,15,18-19H,3,6-9,12-13H2,1-2H3,(H,27,31)/t18-,19+/m0/s1. The predicted octanol–water partition coefficient (Wildman–Crippen LogP) is 3.02. The Morgan fingerprint density at radius 3 is 2.45 bits per heavy atom. The van der Waals surface area contributed by atoms with Gasteiger partial charge in [-0.1, -0.05) is 0 Å². The summed E-state index contributed by atoms with van der Waals surface area (Å²) in [6.07, 6.45) is -3.08. The number of piperidine rings is 1. The first-order chi connectivity index (χ1) is 14.7. The molecule has 2 fully saturated rings. The summed E-state index contributed by atoms with van der Waals surface area (Å²) in [5.41, 5.74) is -1.01. The minimum atomic E-state index is -4.63. The fourth-order valence-electron chi connectivity index (χ4n) is 4.80. The highest BCUT2D eigenvalue weighted by Gasteiger charge is 2.43. The van der Waals surface area contributed by atoms with Gasteiger partial charge in [0.05, 0.1) is 23.1 Å². The predicted molar refractivity (Wildman–Crippen MR) is 109 cm³/mol. The number of carbonyl (C=O) groups excluding carboxylic acids is 2.